The highest BCUT2D eigenvalue weighted by Gasteiger charge is 2.33. The van der Waals surface area contributed by atoms with Crippen LogP contribution in [0.15, 0.2) is 99.0 Å². The number of nitrogens with two attached hydrogens (primary N) is 3. The van der Waals surface area contributed by atoms with E-state index in [1.165, 1.54) is 5.56 Å². The number of hydrogen-bond acceptors (Lipinski definition) is 35. The van der Waals surface area contributed by atoms with Crippen LogP contribution in [0.3, 0.4) is 0 Å². The van der Waals surface area contributed by atoms with Crippen LogP contribution in [0.1, 0.15) is 103 Å². The third-order valence-electron chi connectivity index (χ3n) is 21.7. The summed E-state index contributed by atoms with van der Waals surface area (Å²) in [4.78, 5) is 114. The molecule has 0 saturated carbocycles. The highest BCUT2D eigenvalue weighted by Crippen LogP contribution is 2.37. The summed E-state index contributed by atoms with van der Waals surface area (Å²) in [7, 11) is 1.79. The molecule has 1 amide bonds. The van der Waals surface area contributed by atoms with Crippen molar-refractivity contribution in [3.8, 4) is 45.0 Å². The van der Waals surface area contributed by atoms with E-state index in [4.69, 9.17) is 90.5 Å². The molecule has 6 fully saturated rings. The van der Waals surface area contributed by atoms with Crippen LogP contribution in [-0.4, -0.2) is 273 Å². The van der Waals surface area contributed by atoms with Crippen molar-refractivity contribution in [2.45, 2.75) is 104 Å². The standard InChI is InChI=1S/C23H31N9O3.C22H24N8O.C18H24N8O.C17H20N8O2/c1-23(2,3)35-22(33)31-6-4-16(5-7-31)32-14-27-18-17(15-12-25-20(24)26-13-15)28-21(29-19(18)32)30-8-10-34-11-9-30;1-14-17(12-24-21(23)26-14)18-19-20(28-22(27-18)29-8-10-31-11-9-29)30(13-25-19)15(2)16-6-4-3-5-7-16;1-4-12(2)26-11-22-15-14(13-9-20-17(19-3)21-10-13)23-18(24-16(15)26)25-5-7-27-8-6-25;18-16-19-7-11(8-20-16)13-14-15(25(10-21-14)12-1-4-27-9-12)23-17(22-13)24-2-5-26-6-3-24/h12-14,16H,4-11H2,1-3H3,(H2,24,25,26);3-7,12-13,15H,8-11H2,1-2H3,(H2,23,24,26);9-12H,4-8H2,1-3H3,(H,19,20,21);7-8,10,12H,1-6,9H2,(H2,18,19,20). The fraction of sp³-hybridized carbons (Fsp3) is 0.463. The first-order chi connectivity index (χ1) is 58.4. The molecule has 40 heteroatoms. The Bertz CT molecular complexity index is 5650. The molecular formula is C80H99N33O7. The van der Waals surface area contributed by atoms with Crippen molar-refractivity contribution in [3.63, 3.8) is 0 Å². The molecule has 40 nitrogen and oxygen atoms in total. The Morgan fingerprint density at radius 3 is 1.32 bits per heavy atom. The SMILES string of the molecule is CC(C)(C)OC(=O)N1CCC(n2cnc3c(-c4cnc(N)nc4)nc(N4CCOCC4)nc32)CC1.CCC(C)n1cnc2c(-c3cnc(NC)nc3)nc(N3CCOCC3)nc21.Cc1nc(N)ncc1-c1nc(N2CCOCC2)nc2c1ncn2C(C)c1ccccc1.Nc1ncc(-c2nc(N3CCOCC3)nc3c2ncn3C2CCOC2)cn1. The average Bonchev–Trinajstić information content (AvgIpc) is 1.64. The van der Waals surface area contributed by atoms with Crippen LogP contribution in [0.2, 0.25) is 0 Å². The lowest BCUT2D eigenvalue weighted by molar-refractivity contribution is 0.0189. The van der Waals surface area contributed by atoms with Gasteiger partial charge in [0.05, 0.1) is 103 Å². The van der Waals surface area contributed by atoms with E-state index in [1.54, 1.807) is 55.3 Å². The van der Waals surface area contributed by atoms with Crippen molar-refractivity contribution >= 4 is 98.3 Å². The van der Waals surface area contributed by atoms with Gasteiger partial charge in [0.15, 0.2) is 22.6 Å². The fourth-order valence-electron chi connectivity index (χ4n) is 14.9. The van der Waals surface area contributed by atoms with Gasteiger partial charge in [-0.15, -0.1) is 0 Å². The number of nitrogen functional groups attached to an aromatic ring is 3. The fourth-order valence-corrected chi connectivity index (χ4v) is 14.9. The molecular weight excluding hydrogens is 1540 g/mol. The van der Waals surface area contributed by atoms with Crippen LogP contribution in [0, 0.1) is 6.92 Å². The third-order valence-corrected chi connectivity index (χ3v) is 21.7. The lowest BCUT2D eigenvalue weighted by atomic mass is 10.1. The highest BCUT2D eigenvalue weighted by atomic mass is 16.6. The Morgan fingerprint density at radius 2 is 0.875 bits per heavy atom. The van der Waals surface area contributed by atoms with Gasteiger partial charge in [0.25, 0.3) is 0 Å². The molecule has 626 valence electrons. The van der Waals surface area contributed by atoms with Gasteiger partial charge in [-0.05, 0) is 72.8 Å². The summed E-state index contributed by atoms with van der Waals surface area (Å²) >= 11 is 0. The van der Waals surface area contributed by atoms with Gasteiger partial charge in [0, 0.05) is 157 Å². The van der Waals surface area contributed by atoms with E-state index in [-0.39, 0.29) is 42.1 Å². The quantitative estimate of drug-likeness (QED) is 0.0763. The number of rotatable bonds is 15. The maximum atomic E-state index is 12.5. The largest absolute Gasteiger partial charge is 0.444 e. The van der Waals surface area contributed by atoms with E-state index in [0.29, 0.717) is 144 Å². The minimum Gasteiger partial charge on any atom is -0.444 e. The van der Waals surface area contributed by atoms with Gasteiger partial charge in [-0.2, -0.15) is 19.9 Å². The van der Waals surface area contributed by atoms with Crippen LogP contribution < -0.4 is 42.1 Å². The van der Waals surface area contributed by atoms with Crippen molar-refractivity contribution < 1.29 is 33.2 Å². The molecule has 18 heterocycles. The molecule has 7 N–H and O–H groups in total. The molecule has 120 heavy (non-hydrogen) atoms. The second kappa shape index (κ2) is 36.2. The predicted molar refractivity (Wildman–Crippen MR) is 451 cm³/mol. The molecule has 13 aromatic rings. The first-order valence-electron chi connectivity index (χ1n) is 40.6. The number of morpholine rings is 4. The number of likely N-dealkylation sites (tertiary alicyclic amines) is 1. The van der Waals surface area contributed by atoms with Crippen molar-refractivity contribution in [2.24, 2.45) is 0 Å². The van der Waals surface area contributed by atoms with Gasteiger partial charge in [-0.3, -0.25) is 0 Å². The zero-order valence-corrected chi connectivity index (χ0v) is 68.6. The first kappa shape index (κ1) is 81.0. The lowest BCUT2D eigenvalue weighted by Gasteiger charge is -2.34. The Kier molecular flexibility index (Phi) is 24.4. The number of anilines is 8. The number of carbonyl (C=O) groups excluding carboxylic acids is 1. The van der Waals surface area contributed by atoms with Crippen molar-refractivity contribution in [2.75, 3.05) is 181 Å². The summed E-state index contributed by atoms with van der Waals surface area (Å²) in [5.41, 5.74) is 30.6. The Balaban J connectivity index is 0.000000120. The number of benzene rings is 1. The average molecular weight is 1630 g/mol. The van der Waals surface area contributed by atoms with Crippen LogP contribution in [0.4, 0.5) is 52.4 Å². The van der Waals surface area contributed by atoms with Gasteiger partial charge in [0.1, 0.15) is 50.4 Å². The van der Waals surface area contributed by atoms with Crippen molar-refractivity contribution in [1.29, 1.82) is 0 Å². The summed E-state index contributed by atoms with van der Waals surface area (Å²) < 4.78 is 41.5. The maximum absolute atomic E-state index is 12.5. The van der Waals surface area contributed by atoms with E-state index in [1.807, 2.05) is 71.2 Å². The smallest absolute Gasteiger partial charge is 0.410 e. The molecule has 0 radical (unpaired) electrons. The number of aryl methyl sites for hydroxylation is 1. The Hall–Kier alpha value is -12.8. The lowest BCUT2D eigenvalue weighted by Crippen LogP contribution is -2.42. The number of fused-ring (bicyclic) bond motifs is 4. The molecule has 0 aliphatic carbocycles. The van der Waals surface area contributed by atoms with E-state index >= 15 is 0 Å². The van der Waals surface area contributed by atoms with Gasteiger partial charge in [-0.25, -0.2) is 84.5 Å². The molecule has 6 saturated heterocycles. The van der Waals surface area contributed by atoms with E-state index < -0.39 is 5.60 Å². The minimum atomic E-state index is -0.510. The topological polar surface area (TPSA) is 456 Å². The number of imidazole rings is 4. The van der Waals surface area contributed by atoms with E-state index in [2.05, 4.69) is 131 Å². The molecule has 3 atom stereocenters. The van der Waals surface area contributed by atoms with E-state index in [9.17, 15) is 4.79 Å². The molecule has 3 unspecified atom stereocenters. The first-order valence-corrected chi connectivity index (χ1v) is 40.6. The number of ether oxygens (including phenoxy) is 6. The number of carbonyl (C=O) groups is 1. The van der Waals surface area contributed by atoms with Crippen LogP contribution >= 0.6 is 0 Å². The summed E-state index contributed by atoms with van der Waals surface area (Å²) in [5.74, 6) is 3.89. The summed E-state index contributed by atoms with van der Waals surface area (Å²) in [6, 6.07) is 11.1. The second-order valence-electron chi connectivity index (χ2n) is 30.7. The molecule has 6 aliphatic rings. The number of aromatic nitrogens is 24. The number of nitrogens with zero attached hydrogens (tertiary/aromatic N) is 29. The minimum absolute atomic E-state index is 0.0650. The van der Waals surface area contributed by atoms with E-state index in [0.717, 1.165) is 144 Å². The van der Waals surface area contributed by atoms with Gasteiger partial charge < -0.3 is 93.7 Å². The summed E-state index contributed by atoms with van der Waals surface area (Å²) in [6.45, 7) is 27.9. The van der Waals surface area contributed by atoms with Gasteiger partial charge in [0.2, 0.25) is 47.6 Å². The number of nitrogens with one attached hydrogen (secondary N) is 1. The molecule has 19 rings (SSSR count). The summed E-state index contributed by atoms with van der Waals surface area (Å²) in [6.07, 6.45) is 22.5. The number of amides is 1. The Morgan fingerprint density at radius 1 is 0.467 bits per heavy atom. The molecule has 6 aliphatic heterocycles. The predicted octanol–water partition coefficient (Wildman–Crippen LogP) is 7.69. The van der Waals surface area contributed by atoms with Crippen molar-refractivity contribution in [1.82, 2.24) is 123 Å². The van der Waals surface area contributed by atoms with Gasteiger partial charge >= 0.3 is 6.09 Å². The molecule has 0 spiro atoms. The van der Waals surface area contributed by atoms with Crippen LogP contribution in [-0.2, 0) is 28.4 Å². The van der Waals surface area contributed by atoms with Crippen molar-refractivity contribution in [3.05, 3.63) is 110 Å². The zero-order chi connectivity index (χ0) is 83.0. The number of hydrogen-bond donors (Lipinski definition) is 4. The third kappa shape index (κ3) is 18.0. The zero-order valence-electron chi connectivity index (χ0n) is 68.6. The van der Waals surface area contributed by atoms with Crippen LogP contribution in [0.25, 0.3) is 89.7 Å². The number of piperidine rings is 1. The van der Waals surface area contributed by atoms with Crippen LogP contribution in [0.5, 0.6) is 0 Å². The molecule has 1 aromatic carbocycles. The summed E-state index contributed by atoms with van der Waals surface area (Å²) in [5, 5.41) is 2.94. The maximum Gasteiger partial charge on any atom is 0.410 e. The highest BCUT2D eigenvalue weighted by molar-refractivity contribution is 5.92. The second-order valence-corrected chi connectivity index (χ2v) is 30.7. The monoisotopic (exact) mass is 1630 g/mol. The Labute approximate surface area is 691 Å². The van der Waals surface area contributed by atoms with Gasteiger partial charge in [-0.1, -0.05) is 37.3 Å². The normalized spacial score (nSPS) is 17.3. The molecule has 12 aromatic heterocycles. The molecule has 0 bridgehead atoms.